The van der Waals surface area contributed by atoms with Crippen molar-refractivity contribution in [3.63, 3.8) is 0 Å². The molecule has 0 aromatic heterocycles. The monoisotopic (exact) mass is 266 g/mol. The fourth-order valence-electron chi connectivity index (χ4n) is 2.17. The zero-order valence-corrected chi connectivity index (χ0v) is 10.8. The van der Waals surface area contributed by atoms with E-state index in [0.717, 1.165) is 11.1 Å². The summed E-state index contributed by atoms with van der Waals surface area (Å²) in [6.45, 7) is 1.58. The number of nitrogens with one attached hydrogen (secondary N) is 1. The molecule has 1 N–H and O–H groups in total. The Bertz CT molecular complexity index is 593. The van der Waals surface area contributed by atoms with Crippen molar-refractivity contribution in [1.29, 1.82) is 0 Å². The predicted octanol–water partition coefficient (Wildman–Crippen LogP) is 1.90. The van der Waals surface area contributed by atoms with Gasteiger partial charge in [-0.15, -0.1) is 0 Å². The van der Waals surface area contributed by atoms with Crippen LogP contribution in [0.3, 0.4) is 0 Å². The molecule has 0 heterocycles. The second-order valence-corrected chi connectivity index (χ2v) is 6.22. The zero-order valence-electron chi connectivity index (χ0n) is 9.94. The molecule has 1 aromatic carbocycles. The zero-order chi connectivity index (χ0) is 13.2. The lowest BCUT2D eigenvalue weighted by molar-refractivity contribution is 0.517. The van der Waals surface area contributed by atoms with Gasteiger partial charge in [0.05, 0.1) is 17.8 Å². The summed E-state index contributed by atoms with van der Waals surface area (Å²) in [6, 6.07) is 6.68. The van der Waals surface area contributed by atoms with Crippen molar-refractivity contribution in [2.45, 2.75) is 25.4 Å². The second-order valence-electron chi connectivity index (χ2n) is 4.17. The van der Waals surface area contributed by atoms with Crippen molar-refractivity contribution in [1.82, 2.24) is 4.72 Å². The van der Waals surface area contributed by atoms with Gasteiger partial charge < -0.3 is 0 Å². The Morgan fingerprint density at radius 1 is 1.50 bits per heavy atom. The quantitative estimate of drug-likeness (QED) is 0.512. The van der Waals surface area contributed by atoms with Crippen LogP contribution in [0.15, 0.2) is 29.4 Å². The first kappa shape index (κ1) is 12.9. The summed E-state index contributed by atoms with van der Waals surface area (Å²) in [7, 11) is -3.33. The average Bonchev–Trinajstić information content (AvgIpc) is 2.68. The Morgan fingerprint density at radius 2 is 2.22 bits per heavy atom. The van der Waals surface area contributed by atoms with Gasteiger partial charge >= 0.3 is 0 Å². The molecule has 2 atom stereocenters. The average molecular weight is 266 g/mol. The van der Waals surface area contributed by atoms with E-state index >= 15 is 0 Å². The maximum atomic E-state index is 11.7. The molecule has 0 saturated carbocycles. The summed E-state index contributed by atoms with van der Waals surface area (Å²) in [6.07, 6.45) is 0.567. The summed E-state index contributed by atoms with van der Waals surface area (Å²) in [5, 5.41) is 3.69. The van der Waals surface area contributed by atoms with E-state index in [9.17, 15) is 8.42 Å². The Kier molecular flexibility index (Phi) is 3.56. The van der Waals surface area contributed by atoms with E-state index in [0.29, 0.717) is 6.42 Å². The highest BCUT2D eigenvalue weighted by Crippen LogP contribution is 2.33. The molecule has 0 radical (unpaired) electrons. The van der Waals surface area contributed by atoms with Crippen LogP contribution < -0.4 is 4.72 Å². The van der Waals surface area contributed by atoms with Gasteiger partial charge in [-0.3, -0.25) is 0 Å². The molecule has 7 heteroatoms. The Morgan fingerprint density at radius 3 is 2.89 bits per heavy atom. The summed E-state index contributed by atoms with van der Waals surface area (Å²) >= 11 is 0. The van der Waals surface area contributed by atoms with Gasteiger partial charge in [-0.1, -0.05) is 29.4 Å². The molecule has 0 saturated heterocycles. The van der Waals surface area contributed by atoms with Crippen LogP contribution in [-0.2, 0) is 16.4 Å². The van der Waals surface area contributed by atoms with Gasteiger partial charge in [-0.05, 0) is 30.0 Å². The summed E-state index contributed by atoms with van der Waals surface area (Å²) < 4.78 is 25.9. The van der Waals surface area contributed by atoms with Gasteiger partial charge in [0.25, 0.3) is 0 Å². The number of nitrogens with zero attached hydrogens (tertiary/aromatic N) is 3. The van der Waals surface area contributed by atoms with E-state index in [1.54, 1.807) is 6.92 Å². The van der Waals surface area contributed by atoms with Crippen molar-refractivity contribution >= 4 is 10.0 Å². The third-order valence-electron chi connectivity index (χ3n) is 3.09. The lowest BCUT2D eigenvalue weighted by Gasteiger charge is -2.17. The first-order valence-electron chi connectivity index (χ1n) is 5.69. The maximum absolute atomic E-state index is 11.7. The van der Waals surface area contributed by atoms with Crippen molar-refractivity contribution < 1.29 is 8.42 Å². The van der Waals surface area contributed by atoms with Gasteiger partial charge in [-0.2, -0.15) is 0 Å². The van der Waals surface area contributed by atoms with Crippen LogP contribution in [0.2, 0.25) is 0 Å². The number of sulfonamides is 1. The summed E-state index contributed by atoms with van der Waals surface area (Å²) in [5.41, 5.74) is 10.5. The minimum atomic E-state index is -3.33. The summed E-state index contributed by atoms with van der Waals surface area (Å²) in [5.74, 6) is 0.00859. The van der Waals surface area contributed by atoms with E-state index < -0.39 is 22.1 Å². The molecule has 6 nitrogen and oxygen atoms in total. The van der Waals surface area contributed by atoms with Crippen LogP contribution in [0.5, 0.6) is 0 Å². The van der Waals surface area contributed by atoms with Crippen LogP contribution in [0.4, 0.5) is 0 Å². The van der Waals surface area contributed by atoms with Gasteiger partial charge in [0, 0.05) is 4.91 Å². The van der Waals surface area contributed by atoms with Crippen LogP contribution in [0.25, 0.3) is 10.4 Å². The Hall–Kier alpha value is -1.56. The van der Waals surface area contributed by atoms with Gasteiger partial charge in [0.1, 0.15) is 0 Å². The van der Waals surface area contributed by atoms with E-state index in [1.165, 1.54) is 0 Å². The van der Waals surface area contributed by atoms with E-state index in [-0.39, 0.29) is 5.75 Å². The number of hydrogen-bond acceptors (Lipinski definition) is 3. The Balaban J connectivity index is 2.37. The molecule has 0 aliphatic heterocycles. The SMILES string of the molecule is CCS(=O)(=O)NC1c2ccccc2CC1N=[N+]=[N-]. The van der Waals surface area contributed by atoms with E-state index in [2.05, 4.69) is 14.7 Å². The minimum Gasteiger partial charge on any atom is -0.212 e. The van der Waals surface area contributed by atoms with Crippen molar-refractivity contribution in [3.05, 3.63) is 45.8 Å². The molecule has 0 bridgehead atoms. The fourth-order valence-corrected chi connectivity index (χ4v) is 3.00. The lowest BCUT2D eigenvalue weighted by Crippen LogP contribution is -2.34. The number of rotatable bonds is 4. The summed E-state index contributed by atoms with van der Waals surface area (Å²) in [4.78, 5) is 2.80. The van der Waals surface area contributed by atoms with E-state index in [1.807, 2.05) is 24.3 Å². The molecule has 1 aliphatic carbocycles. The minimum absolute atomic E-state index is 0.00859. The number of hydrogen-bond donors (Lipinski definition) is 1. The van der Waals surface area contributed by atoms with E-state index in [4.69, 9.17) is 5.53 Å². The van der Waals surface area contributed by atoms with Gasteiger partial charge in [0.15, 0.2) is 0 Å². The normalized spacial score (nSPS) is 22.3. The molecule has 2 unspecified atom stereocenters. The number of fused-ring (bicyclic) bond motifs is 1. The van der Waals surface area contributed by atoms with Crippen molar-refractivity contribution in [2.75, 3.05) is 5.75 Å². The predicted molar refractivity (Wildman–Crippen MR) is 68.4 cm³/mol. The smallest absolute Gasteiger partial charge is 0.211 e. The van der Waals surface area contributed by atoms with Crippen LogP contribution in [0, 0.1) is 0 Å². The number of azide groups is 1. The standard InChI is InChI=1S/C11H14N4O2S/c1-2-18(16,17)14-11-9-6-4-3-5-8(9)7-10(11)13-15-12/h3-6,10-11,14H,2,7H2,1H3. The molecule has 18 heavy (non-hydrogen) atoms. The molecule has 2 rings (SSSR count). The van der Waals surface area contributed by atoms with Gasteiger partial charge in [-0.25, -0.2) is 13.1 Å². The molecular formula is C11H14N4O2S. The molecule has 1 aromatic rings. The first-order chi connectivity index (χ1) is 8.57. The topological polar surface area (TPSA) is 94.9 Å². The highest BCUT2D eigenvalue weighted by Gasteiger charge is 2.33. The van der Waals surface area contributed by atoms with Crippen LogP contribution >= 0.6 is 0 Å². The second kappa shape index (κ2) is 4.97. The van der Waals surface area contributed by atoms with Gasteiger partial charge in [0.2, 0.25) is 10.0 Å². The molecule has 0 amide bonds. The fraction of sp³-hybridized carbons (Fsp3) is 0.455. The third-order valence-corrected chi connectivity index (χ3v) is 4.46. The number of benzene rings is 1. The molecule has 1 aliphatic rings. The Labute approximate surface area is 106 Å². The largest absolute Gasteiger partial charge is 0.212 e. The van der Waals surface area contributed by atoms with Crippen LogP contribution in [-0.4, -0.2) is 20.2 Å². The molecule has 0 spiro atoms. The highest BCUT2D eigenvalue weighted by atomic mass is 32.2. The first-order valence-corrected chi connectivity index (χ1v) is 7.34. The van der Waals surface area contributed by atoms with Crippen molar-refractivity contribution in [2.24, 2.45) is 5.11 Å². The molecule has 96 valence electrons. The lowest BCUT2D eigenvalue weighted by atomic mass is 10.1. The molecular weight excluding hydrogens is 252 g/mol. The third kappa shape index (κ3) is 2.48. The highest BCUT2D eigenvalue weighted by molar-refractivity contribution is 7.89. The maximum Gasteiger partial charge on any atom is 0.211 e. The van der Waals surface area contributed by atoms with Crippen LogP contribution in [0.1, 0.15) is 24.1 Å². The molecule has 0 fully saturated rings. The van der Waals surface area contributed by atoms with Crippen molar-refractivity contribution in [3.8, 4) is 0 Å².